The van der Waals surface area contributed by atoms with Gasteiger partial charge in [-0.05, 0) is 0 Å². The summed E-state index contributed by atoms with van der Waals surface area (Å²) < 4.78 is 1.52. The summed E-state index contributed by atoms with van der Waals surface area (Å²) >= 11 is -1.84. The molecule has 2 aromatic rings. The van der Waals surface area contributed by atoms with Crippen molar-refractivity contribution in [3.05, 3.63) is 80.9 Å². The van der Waals surface area contributed by atoms with Gasteiger partial charge in [0, 0.05) is 0 Å². The zero-order chi connectivity index (χ0) is 18.6. The Kier molecular flexibility index (Phi) is 7.82. The molecule has 0 bridgehead atoms. The fourth-order valence-corrected chi connectivity index (χ4v) is 26.3. The average molecular weight is 507 g/mol. The molecular formula is C24H28Cl2SiZr. The molecule has 0 heterocycles. The minimum Gasteiger partial charge on any atom is -1.00 e. The van der Waals surface area contributed by atoms with Crippen molar-refractivity contribution < 1.29 is 45.2 Å². The van der Waals surface area contributed by atoms with Crippen molar-refractivity contribution >= 4 is 17.6 Å². The SMILES string of the molecule is CC1=Cc2cccc(C)c2[CH]1[Zr+2]([CH]1C(C)=Cc2cccc(C)c21)=[Si](C)C.[Cl-].[Cl-]. The van der Waals surface area contributed by atoms with Crippen molar-refractivity contribution in [2.24, 2.45) is 0 Å². The van der Waals surface area contributed by atoms with Crippen molar-refractivity contribution in [3.8, 4) is 0 Å². The molecule has 2 aromatic carbocycles. The summed E-state index contributed by atoms with van der Waals surface area (Å²) in [5, 5.41) is 0. The van der Waals surface area contributed by atoms with Crippen LogP contribution >= 0.6 is 0 Å². The Balaban J connectivity index is 0.00000140. The molecule has 0 nitrogen and oxygen atoms in total. The third kappa shape index (κ3) is 3.83. The number of allylic oxidation sites excluding steroid dienone is 2. The Morgan fingerprint density at radius 2 is 1.07 bits per heavy atom. The number of hydrogen-bond donors (Lipinski definition) is 0. The molecule has 4 rings (SSSR count). The summed E-state index contributed by atoms with van der Waals surface area (Å²) in [4.78, 5) is 0. The molecule has 0 spiro atoms. The smallest absolute Gasteiger partial charge is 1.00 e. The molecule has 146 valence electrons. The summed E-state index contributed by atoms with van der Waals surface area (Å²) in [5.74, 6) is 0. The molecule has 0 saturated carbocycles. The van der Waals surface area contributed by atoms with Gasteiger partial charge in [-0.2, -0.15) is 0 Å². The zero-order valence-corrected chi connectivity index (χ0v) is 22.5. The largest absolute Gasteiger partial charge is 1.00 e. The number of fused-ring (bicyclic) bond motifs is 2. The molecule has 2 unspecified atom stereocenters. The van der Waals surface area contributed by atoms with Crippen LogP contribution in [-0.4, -0.2) is 5.43 Å². The monoisotopic (exact) mass is 504 g/mol. The minimum absolute atomic E-state index is 0. The van der Waals surface area contributed by atoms with E-state index in [1.54, 1.807) is 22.3 Å². The van der Waals surface area contributed by atoms with Crippen LogP contribution in [0.3, 0.4) is 0 Å². The molecule has 0 aliphatic heterocycles. The van der Waals surface area contributed by atoms with Crippen molar-refractivity contribution in [1.29, 1.82) is 0 Å². The second-order valence-electron chi connectivity index (χ2n) is 8.25. The molecule has 0 aromatic heterocycles. The van der Waals surface area contributed by atoms with Gasteiger partial charge in [-0.1, -0.05) is 0 Å². The fourth-order valence-electron chi connectivity index (χ4n) is 5.11. The molecule has 0 saturated heterocycles. The van der Waals surface area contributed by atoms with Crippen molar-refractivity contribution in [1.82, 2.24) is 0 Å². The van der Waals surface area contributed by atoms with E-state index in [9.17, 15) is 0 Å². The number of rotatable bonds is 2. The van der Waals surface area contributed by atoms with Crippen LogP contribution in [0.2, 0.25) is 13.1 Å². The van der Waals surface area contributed by atoms with Gasteiger partial charge in [0.05, 0.1) is 0 Å². The van der Waals surface area contributed by atoms with Crippen LogP contribution < -0.4 is 24.8 Å². The molecule has 0 N–H and O–H groups in total. The first kappa shape index (κ1) is 23.9. The van der Waals surface area contributed by atoms with E-state index in [2.05, 4.69) is 89.3 Å². The van der Waals surface area contributed by atoms with Gasteiger partial charge in [-0.15, -0.1) is 0 Å². The normalized spacial score (nSPS) is 18.6. The summed E-state index contributed by atoms with van der Waals surface area (Å²) in [7, 11) is 0. The predicted molar refractivity (Wildman–Crippen MR) is 113 cm³/mol. The fraction of sp³-hybridized carbons (Fsp3) is 0.333. The van der Waals surface area contributed by atoms with Crippen LogP contribution in [0, 0.1) is 13.8 Å². The molecule has 0 fully saturated rings. The van der Waals surface area contributed by atoms with Crippen LogP contribution in [0.5, 0.6) is 0 Å². The average Bonchev–Trinajstić information content (AvgIpc) is 3.07. The minimum atomic E-state index is -1.84. The third-order valence-electron chi connectivity index (χ3n) is 6.17. The number of hydrogen-bond acceptors (Lipinski definition) is 0. The van der Waals surface area contributed by atoms with E-state index in [0.717, 1.165) is 7.25 Å². The maximum absolute atomic E-state index is 2.60. The van der Waals surface area contributed by atoms with Gasteiger partial charge >= 0.3 is 167 Å². The van der Waals surface area contributed by atoms with Gasteiger partial charge in [-0.3, -0.25) is 0 Å². The van der Waals surface area contributed by atoms with Gasteiger partial charge in [0.2, 0.25) is 0 Å². The first-order chi connectivity index (χ1) is 12.4. The molecule has 2 aliphatic rings. The first-order valence-electron chi connectivity index (χ1n) is 9.62. The van der Waals surface area contributed by atoms with Crippen LogP contribution in [-0.2, 0) is 20.4 Å². The summed E-state index contributed by atoms with van der Waals surface area (Å²) in [5.41, 5.74) is 12.4. The predicted octanol–water partition coefficient (Wildman–Crippen LogP) is 0.797. The molecule has 28 heavy (non-hydrogen) atoms. The molecule has 0 amide bonds. The van der Waals surface area contributed by atoms with Gasteiger partial charge in [-0.25, -0.2) is 0 Å². The molecular weight excluding hydrogens is 478 g/mol. The number of halogens is 2. The van der Waals surface area contributed by atoms with Crippen LogP contribution in [0.15, 0.2) is 47.5 Å². The Morgan fingerprint density at radius 3 is 1.43 bits per heavy atom. The van der Waals surface area contributed by atoms with Gasteiger partial charge in [0.25, 0.3) is 0 Å². The molecule has 2 aliphatic carbocycles. The van der Waals surface area contributed by atoms with Crippen LogP contribution in [0.1, 0.15) is 54.5 Å². The van der Waals surface area contributed by atoms with E-state index < -0.39 is 20.4 Å². The van der Waals surface area contributed by atoms with E-state index in [1.165, 1.54) is 22.3 Å². The third-order valence-corrected chi connectivity index (χ3v) is 26.0. The van der Waals surface area contributed by atoms with E-state index in [1.807, 2.05) is 0 Å². The van der Waals surface area contributed by atoms with Crippen LogP contribution in [0.4, 0.5) is 0 Å². The first-order valence-corrected chi connectivity index (χ1v) is 18.7. The topological polar surface area (TPSA) is 0 Å². The number of benzene rings is 2. The van der Waals surface area contributed by atoms with Gasteiger partial charge in [0.1, 0.15) is 0 Å². The maximum atomic E-state index is 2.60. The Bertz CT molecular complexity index is 938. The van der Waals surface area contributed by atoms with E-state index in [-0.39, 0.29) is 30.2 Å². The van der Waals surface area contributed by atoms with Crippen molar-refractivity contribution in [2.45, 2.75) is 48.0 Å². The molecule has 0 radical (unpaired) electrons. The second-order valence-corrected chi connectivity index (χ2v) is 26.1. The van der Waals surface area contributed by atoms with Gasteiger partial charge < -0.3 is 24.8 Å². The number of aryl methyl sites for hydroxylation is 2. The quantitative estimate of drug-likeness (QED) is 0.529. The Hall–Kier alpha value is -0.400. The molecule has 2 atom stereocenters. The second kappa shape index (κ2) is 9.17. The van der Waals surface area contributed by atoms with Crippen molar-refractivity contribution in [3.63, 3.8) is 0 Å². The summed E-state index contributed by atoms with van der Waals surface area (Å²) in [6, 6.07) is 13.8. The van der Waals surface area contributed by atoms with E-state index in [0.29, 0.717) is 0 Å². The van der Waals surface area contributed by atoms with Crippen molar-refractivity contribution in [2.75, 3.05) is 0 Å². The zero-order valence-electron chi connectivity index (χ0n) is 17.5. The molecule has 4 heteroatoms. The Morgan fingerprint density at radius 1 is 0.679 bits per heavy atom. The van der Waals surface area contributed by atoms with Gasteiger partial charge in [0.15, 0.2) is 0 Å². The van der Waals surface area contributed by atoms with E-state index >= 15 is 0 Å². The Labute approximate surface area is 190 Å². The summed E-state index contributed by atoms with van der Waals surface area (Å²) in [6.45, 7) is 14.7. The standard InChI is InChI=1S/2C11H11.C2H6Si.2ClH.Zr/c2*1-8-6-10-5-3-4-9(2)11(10)7-8;1-3-2;;;/h2*3-7H,1-2H3;1-2H3;2*1H;/q;;;;;+2/p-2. The van der Waals surface area contributed by atoms with E-state index in [4.69, 9.17) is 0 Å². The van der Waals surface area contributed by atoms with Crippen LogP contribution in [0.25, 0.3) is 12.2 Å². The maximum Gasteiger partial charge on any atom is -1.00 e. The summed E-state index contributed by atoms with van der Waals surface area (Å²) in [6.07, 6.45) is 4.98.